The van der Waals surface area contributed by atoms with Gasteiger partial charge in [-0.2, -0.15) is 0 Å². The highest BCUT2D eigenvalue weighted by molar-refractivity contribution is 5.20. The van der Waals surface area contributed by atoms with Gasteiger partial charge in [0.2, 0.25) is 0 Å². The summed E-state index contributed by atoms with van der Waals surface area (Å²) in [6, 6.07) is 7.20. The fourth-order valence-electron chi connectivity index (χ4n) is 2.85. The molecule has 0 aromatic heterocycles. The Hall–Kier alpha value is -0.930. The van der Waals surface area contributed by atoms with Crippen molar-refractivity contribution in [3.05, 3.63) is 35.6 Å². The van der Waals surface area contributed by atoms with Crippen molar-refractivity contribution in [1.29, 1.82) is 0 Å². The van der Waals surface area contributed by atoms with Crippen molar-refractivity contribution >= 4 is 0 Å². The van der Waals surface area contributed by atoms with Crippen molar-refractivity contribution < 1.29 is 4.39 Å². The number of rotatable bonds is 3. The summed E-state index contributed by atoms with van der Waals surface area (Å²) < 4.78 is 13.8. The number of nitrogens with zero attached hydrogens (tertiary/aromatic N) is 1. The van der Waals surface area contributed by atoms with Gasteiger partial charge in [-0.25, -0.2) is 4.39 Å². The molecule has 1 saturated heterocycles. The second-order valence-corrected chi connectivity index (χ2v) is 5.45. The molecule has 3 atom stereocenters. The van der Waals surface area contributed by atoms with E-state index in [1.807, 2.05) is 12.1 Å². The summed E-state index contributed by atoms with van der Waals surface area (Å²) in [4.78, 5) is 2.36. The van der Waals surface area contributed by atoms with Crippen LogP contribution in [-0.4, -0.2) is 24.5 Å². The van der Waals surface area contributed by atoms with Gasteiger partial charge in [-0.15, -0.1) is 0 Å². The maximum absolute atomic E-state index is 13.8. The maximum atomic E-state index is 13.8. The molecule has 2 rings (SSSR count). The van der Waals surface area contributed by atoms with Gasteiger partial charge in [0.25, 0.3) is 0 Å². The molecule has 1 aromatic rings. The van der Waals surface area contributed by atoms with Crippen molar-refractivity contribution in [3.8, 4) is 0 Å². The van der Waals surface area contributed by atoms with Crippen LogP contribution in [0.25, 0.3) is 0 Å². The highest BCUT2D eigenvalue weighted by Crippen LogP contribution is 2.30. The van der Waals surface area contributed by atoms with E-state index in [1.54, 1.807) is 12.1 Å². The largest absolute Gasteiger partial charge is 0.330 e. The van der Waals surface area contributed by atoms with Gasteiger partial charge in [0, 0.05) is 18.2 Å². The molecule has 0 spiro atoms. The van der Waals surface area contributed by atoms with Crippen LogP contribution in [0.4, 0.5) is 4.39 Å². The van der Waals surface area contributed by atoms with Crippen LogP contribution in [0.15, 0.2) is 24.3 Å². The number of hydrogen-bond donors (Lipinski definition) is 1. The standard InChI is InChI=1S/C15H23FN2/c1-11-7-8-18(10-13(11)9-17)12(2)14-5-3-4-6-15(14)16/h3-6,11-13H,7-10,17H2,1-2H3. The van der Waals surface area contributed by atoms with Gasteiger partial charge in [-0.1, -0.05) is 25.1 Å². The quantitative estimate of drug-likeness (QED) is 0.894. The molecule has 0 saturated carbocycles. The van der Waals surface area contributed by atoms with Crippen molar-refractivity contribution in [3.63, 3.8) is 0 Å². The van der Waals surface area contributed by atoms with E-state index in [-0.39, 0.29) is 11.9 Å². The average Bonchev–Trinajstić information content (AvgIpc) is 2.39. The first kappa shape index (κ1) is 13.5. The smallest absolute Gasteiger partial charge is 0.127 e. The monoisotopic (exact) mass is 250 g/mol. The number of likely N-dealkylation sites (tertiary alicyclic amines) is 1. The first-order valence-corrected chi connectivity index (χ1v) is 6.82. The number of nitrogens with two attached hydrogens (primary N) is 1. The first-order valence-electron chi connectivity index (χ1n) is 6.82. The molecule has 0 bridgehead atoms. The molecule has 18 heavy (non-hydrogen) atoms. The van der Waals surface area contributed by atoms with Gasteiger partial charge in [0.15, 0.2) is 0 Å². The van der Waals surface area contributed by atoms with E-state index in [1.165, 1.54) is 0 Å². The lowest BCUT2D eigenvalue weighted by molar-refractivity contribution is 0.0963. The summed E-state index contributed by atoms with van der Waals surface area (Å²) in [5, 5.41) is 0. The van der Waals surface area contributed by atoms with Gasteiger partial charge in [-0.3, -0.25) is 4.90 Å². The zero-order chi connectivity index (χ0) is 13.1. The lowest BCUT2D eigenvalue weighted by Crippen LogP contribution is -2.43. The molecule has 1 aliphatic heterocycles. The minimum absolute atomic E-state index is 0.104. The summed E-state index contributed by atoms with van der Waals surface area (Å²) in [5.74, 6) is 1.11. The predicted molar refractivity (Wildman–Crippen MR) is 72.7 cm³/mol. The Kier molecular flexibility index (Phi) is 4.36. The minimum atomic E-state index is -0.104. The fourth-order valence-corrected chi connectivity index (χ4v) is 2.85. The van der Waals surface area contributed by atoms with Gasteiger partial charge in [0.1, 0.15) is 5.82 Å². The number of piperidine rings is 1. The maximum Gasteiger partial charge on any atom is 0.127 e. The summed E-state index contributed by atoms with van der Waals surface area (Å²) in [5.41, 5.74) is 6.62. The van der Waals surface area contributed by atoms with Gasteiger partial charge in [-0.05, 0) is 44.3 Å². The topological polar surface area (TPSA) is 29.3 Å². The Bertz CT molecular complexity index is 394. The molecule has 0 radical (unpaired) electrons. The van der Waals surface area contributed by atoms with Crippen molar-refractivity contribution in [2.24, 2.45) is 17.6 Å². The molecule has 1 aromatic carbocycles. The Morgan fingerprint density at radius 2 is 2.17 bits per heavy atom. The van der Waals surface area contributed by atoms with Crippen molar-refractivity contribution in [2.45, 2.75) is 26.3 Å². The van der Waals surface area contributed by atoms with E-state index >= 15 is 0 Å². The van der Waals surface area contributed by atoms with E-state index < -0.39 is 0 Å². The van der Waals surface area contributed by atoms with Gasteiger partial charge in [0.05, 0.1) is 0 Å². The third kappa shape index (κ3) is 2.73. The minimum Gasteiger partial charge on any atom is -0.330 e. The number of benzene rings is 1. The Morgan fingerprint density at radius 3 is 2.83 bits per heavy atom. The zero-order valence-electron chi connectivity index (χ0n) is 11.3. The lowest BCUT2D eigenvalue weighted by atomic mass is 9.86. The summed E-state index contributed by atoms with van der Waals surface area (Å²) in [7, 11) is 0. The number of halogens is 1. The molecule has 1 fully saturated rings. The third-order valence-corrected chi connectivity index (χ3v) is 4.35. The molecular weight excluding hydrogens is 227 g/mol. The second-order valence-electron chi connectivity index (χ2n) is 5.45. The van der Waals surface area contributed by atoms with Crippen LogP contribution in [0.2, 0.25) is 0 Å². The zero-order valence-corrected chi connectivity index (χ0v) is 11.3. The molecular formula is C15H23FN2. The highest BCUT2D eigenvalue weighted by atomic mass is 19.1. The lowest BCUT2D eigenvalue weighted by Gasteiger charge is -2.40. The van der Waals surface area contributed by atoms with E-state index in [2.05, 4.69) is 18.7 Å². The van der Waals surface area contributed by atoms with Crippen LogP contribution in [0.5, 0.6) is 0 Å². The predicted octanol–water partition coefficient (Wildman–Crippen LogP) is 2.80. The fraction of sp³-hybridized carbons (Fsp3) is 0.600. The van der Waals surface area contributed by atoms with E-state index in [9.17, 15) is 4.39 Å². The molecule has 0 aliphatic carbocycles. The van der Waals surface area contributed by atoms with Crippen LogP contribution in [0.3, 0.4) is 0 Å². The molecule has 3 unspecified atom stereocenters. The van der Waals surface area contributed by atoms with E-state index in [0.717, 1.165) is 31.6 Å². The van der Waals surface area contributed by atoms with Gasteiger partial charge >= 0.3 is 0 Å². The molecule has 100 valence electrons. The van der Waals surface area contributed by atoms with E-state index in [0.29, 0.717) is 11.8 Å². The SMILES string of the molecule is CC1CCN(C(C)c2ccccc2F)CC1CN. The summed E-state index contributed by atoms with van der Waals surface area (Å²) in [6.45, 7) is 7.09. The molecule has 1 heterocycles. The second kappa shape index (κ2) is 5.81. The van der Waals surface area contributed by atoms with E-state index in [4.69, 9.17) is 5.73 Å². The highest BCUT2D eigenvalue weighted by Gasteiger charge is 2.28. The first-order chi connectivity index (χ1) is 8.63. The molecule has 3 heteroatoms. The molecule has 2 nitrogen and oxygen atoms in total. The normalized spacial score (nSPS) is 27.1. The molecule has 2 N–H and O–H groups in total. The molecule has 1 aliphatic rings. The van der Waals surface area contributed by atoms with Crippen LogP contribution in [-0.2, 0) is 0 Å². The molecule has 0 amide bonds. The van der Waals surface area contributed by atoms with Crippen LogP contribution in [0.1, 0.15) is 31.9 Å². The average molecular weight is 250 g/mol. The van der Waals surface area contributed by atoms with Crippen molar-refractivity contribution in [2.75, 3.05) is 19.6 Å². The Balaban J connectivity index is 2.10. The summed E-state index contributed by atoms with van der Waals surface area (Å²) in [6.07, 6.45) is 1.15. The summed E-state index contributed by atoms with van der Waals surface area (Å²) >= 11 is 0. The third-order valence-electron chi connectivity index (χ3n) is 4.35. The van der Waals surface area contributed by atoms with Crippen LogP contribution >= 0.6 is 0 Å². The van der Waals surface area contributed by atoms with Crippen molar-refractivity contribution in [1.82, 2.24) is 4.90 Å². The number of hydrogen-bond acceptors (Lipinski definition) is 2. The van der Waals surface area contributed by atoms with Crippen LogP contribution in [0, 0.1) is 17.7 Å². The van der Waals surface area contributed by atoms with Crippen LogP contribution < -0.4 is 5.73 Å². The Morgan fingerprint density at radius 1 is 1.44 bits per heavy atom. The van der Waals surface area contributed by atoms with Gasteiger partial charge < -0.3 is 5.73 Å². The Labute approximate surface area is 109 Å².